The summed E-state index contributed by atoms with van der Waals surface area (Å²) >= 11 is 0. The van der Waals surface area contributed by atoms with Crippen LogP contribution in [0.1, 0.15) is 74.5 Å². The maximum Gasteiger partial charge on any atom is 0.108 e. The molecule has 0 spiro atoms. The number of hydrogen-bond donors (Lipinski definition) is 2. The quantitative estimate of drug-likeness (QED) is 0.875. The van der Waals surface area contributed by atoms with E-state index in [1.54, 1.807) is 0 Å². The van der Waals surface area contributed by atoms with Gasteiger partial charge in [-0.1, -0.05) is 25.7 Å². The number of imidazole rings is 1. The van der Waals surface area contributed by atoms with Crippen LogP contribution in [-0.2, 0) is 6.42 Å². The molecule has 1 saturated carbocycles. The molecule has 2 aliphatic rings. The highest BCUT2D eigenvalue weighted by Gasteiger charge is 2.22. The molecule has 0 aromatic carbocycles. The fourth-order valence-corrected chi connectivity index (χ4v) is 3.74. The lowest BCUT2D eigenvalue weighted by molar-refractivity contribution is 0.394. The monoisotopic (exact) mass is 261 g/mol. The number of nitrogens with zero attached hydrogens (tertiary/aromatic N) is 1. The fraction of sp³-hybridized carbons (Fsp3) is 0.812. The van der Waals surface area contributed by atoms with Crippen molar-refractivity contribution in [3.05, 3.63) is 17.2 Å². The maximum absolute atomic E-state index is 4.93. The van der Waals surface area contributed by atoms with E-state index in [1.807, 2.05) is 0 Å². The molecule has 2 fully saturated rings. The van der Waals surface area contributed by atoms with Gasteiger partial charge in [0.25, 0.3) is 0 Å². The van der Waals surface area contributed by atoms with Crippen LogP contribution in [0, 0.1) is 6.92 Å². The molecule has 2 heterocycles. The zero-order valence-electron chi connectivity index (χ0n) is 12.2. The average Bonchev–Trinajstić information content (AvgIpc) is 2.82. The van der Waals surface area contributed by atoms with Crippen LogP contribution < -0.4 is 5.32 Å². The Labute approximate surface area is 116 Å². The van der Waals surface area contributed by atoms with Gasteiger partial charge in [-0.2, -0.15) is 0 Å². The fourth-order valence-electron chi connectivity index (χ4n) is 3.74. The van der Waals surface area contributed by atoms with Gasteiger partial charge < -0.3 is 10.3 Å². The molecule has 2 N–H and O–H groups in total. The third kappa shape index (κ3) is 3.19. The second-order valence-electron chi connectivity index (χ2n) is 6.38. The third-order valence-corrected chi connectivity index (χ3v) is 4.82. The van der Waals surface area contributed by atoms with E-state index < -0.39 is 0 Å². The number of H-pyrrole nitrogens is 1. The Kier molecular flexibility index (Phi) is 4.21. The van der Waals surface area contributed by atoms with Crippen molar-refractivity contribution in [2.75, 3.05) is 6.54 Å². The average molecular weight is 261 g/mol. The summed E-state index contributed by atoms with van der Waals surface area (Å²) in [7, 11) is 0. The molecule has 0 bridgehead atoms. The van der Waals surface area contributed by atoms with Gasteiger partial charge in [-0.25, -0.2) is 4.98 Å². The minimum absolute atomic E-state index is 0.638. The van der Waals surface area contributed by atoms with Gasteiger partial charge in [-0.3, -0.25) is 0 Å². The van der Waals surface area contributed by atoms with Gasteiger partial charge in [-0.15, -0.1) is 0 Å². The Bertz CT molecular complexity index is 398. The lowest BCUT2D eigenvalue weighted by Gasteiger charge is -2.22. The van der Waals surface area contributed by atoms with E-state index in [0.29, 0.717) is 6.04 Å². The van der Waals surface area contributed by atoms with Crippen LogP contribution in [-0.4, -0.2) is 22.6 Å². The van der Waals surface area contributed by atoms with Crippen molar-refractivity contribution in [2.45, 2.75) is 76.7 Å². The molecule has 106 valence electrons. The number of aryl methyl sites for hydroxylation is 1. The number of piperidine rings is 1. The topological polar surface area (TPSA) is 40.7 Å². The Morgan fingerprint density at radius 1 is 1.05 bits per heavy atom. The normalized spacial score (nSPS) is 25.6. The number of aromatic nitrogens is 2. The molecule has 1 aliphatic heterocycles. The minimum Gasteiger partial charge on any atom is -0.346 e. The number of hydrogen-bond acceptors (Lipinski definition) is 2. The number of aromatic amines is 1. The van der Waals surface area contributed by atoms with Crippen LogP contribution in [0.4, 0.5) is 0 Å². The summed E-state index contributed by atoms with van der Waals surface area (Å²) in [4.78, 5) is 8.47. The molecule has 3 rings (SSSR count). The maximum atomic E-state index is 4.93. The van der Waals surface area contributed by atoms with Crippen LogP contribution in [0.5, 0.6) is 0 Å². The molecule has 1 atom stereocenters. The largest absolute Gasteiger partial charge is 0.346 e. The van der Waals surface area contributed by atoms with Gasteiger partial charge in [0.15, 0.2) is 0 Å². The van der Waals surface area contributed by atoms with Crippen LogP contribution in [0.25, 0.3) is 0 Å². The molecule has 1 saturated heterocycles. The molecule has 1 aliphatic carbocycles. The second-order valence-corrected chi connectivity index (χ2v) is 6.38. The third-order valence-electron chi connectivity index (χ3n) is 4.82. The zero-order valence-corrected chi connectivity index (χ0v) is 12.2. The molecule has 1 unspecified atom stereocenters. The second kappa shape index (κ2) is 6.08. The van der Waals surface area contributed by atoms with E-state index in [1.165, 1.54) is 75.1 Å². The van der Waals surface area contributed by atoms with E-state index in [4.69, 9.17) is 4.98 Å². The summed E-state index contributed by atoms with van der Waals surface area (Å²) in [6, 6.07) is 0.638. The Morgan fingerprint density at radius 3 is 2.58 bits per heavy atom. The predicted molar refractivity (Wildman–Crippen MR) is 78.5 cm³/mol. The molecular formula is C16H27N3. The first-order valence-corrected chi connectivity index (χ1v) is 8.11. The molecule has 3 heteroatoms. The highest BCUT2D eigenvalue weighted by Crippen LogP contribution is 2.33. The number of nitrogens with one attached hydrogen (secondary N) is 2. The van der Waals surface area contributed by atoms with Crippen molar-refractivity contribution in [3.8, 4) is 0 Å². The van der Waals surface area contributed by atoms with E-state index in [9.17, 15) is 0 Å². The Balaban J connectivity index is 1.66. The Hall–Kier alpha value is -0.830. The molecule has 1 aromatic rings. The van der Waals surface area contributed by atoms with E-state index in [-0.39, 0.29) is 0 Å². The van der Waals surface area contributed by atoms with E-state index >= 15 is 0 Å². The van der Waals surface area contributed by atoms with E-state index in [2.05, 4.69) is 17.2 Å². The van der Waals surface area contributed by atoms with Crippen LogP contribution in [0.15, 0.2) is 0 Å². The summed E-state index contributed by atoms with van der Waals surface area (Å²) in [5, 5.41) is 3.62. The van der Waals surface area contributed by atoms with Gasteiger partial charge in [0.2, 0.25) is 0 Å². The van der Waals surface area contributed by atoms with Crippen molar-refractivity contribution in [1.29, 1.82) is 0 Å². The summed E-state index contributed by atoms with van der Waals surface area (Å²) in [6.07, 6.45) is 11.9. The highest BCUT2D eigenvalue weighted by molar-refractivity contribution is 5.19. The summed E-state index contributed by atoms with van der Waals surface area (Å²) in [6.45, 7) is 3.38. The molecular weight excluding hydrogens is 234 g/mol. The molecule has 0 amide bonds. The zero-order chi connectivity index (χ0) is 13.1. The summed E-state index contributed by atoms with van der Waals surface area (Å²) in [5.74, 6) is 1.93. The lowest BCUT2D eigenvalue weighted by Crippen LogP contribution is -2.35. The molecule has 1 aromatic heterocycles. The van der Waals surface area contributed by atoms with Gasteiger partial charge in [0, 0.05) is 24.1 Å². The van der Waals surface area contributed by atoms with Gasteiger partial charge in [0.05, 0.1) is 5.69 Å². The van der Waals surface area contributed by atoms with Crippen LogP contribution >= 0.6 is 0 Å². The smallest absolute Gasteiger partial charge is 0.108 e. The summed E-state index contributed by atoms with van der Waals surface area (Å²) < 4.78 is 0. The van der Waals surface area contributed by atoms with Gasteiger partial charge in [-0.05, 0) is 39.2 Å². The molecule has 3 nitrogen and oxygen atoms in total. The van der Waals surface area contributed by atoms with Gasteiger partial charge in [0.1, 0.15) is 5.82 Å². The van der Waals surface area contributed by atoms with Crippen molar-refractivity contribution in [2.24, 2.45) is 0 Å². The predicted octanol–water partition coefficient (Wildman–Crippen LogP) is 3.45. The summed E-state index contributed by atoms with van der Waals surface area (Å²) in [5.41, 5.74) is 2.68. The van der Waals surface area contributed by atoms with Crippen molar-refractivity contribution < 1.29 is 0 Å². The van der Waals surface area contributed by atoms with Gasteiger partial charge >= 0.3 is 0 Å². The first-order chi connectivity index (χ1) is 9.33. The molecule has 0 radical (unpaired) electrons. The van der Waals surface area contributed by atoms with Crippen molar-refractivity contribution >= 4 is 0 Å². The first-order valence-electron chi connectivity index (χ1n) is 8.11. The van der Waals surface area contributed by atoms with E-state index in [0.717, 1.165) is 12.3 Å². The molecule has 19 heavy (non-hydrogen) atoms. The standard InChI is InChI=1S/C16H27N3/c1-12-16(13-7-3-2-4-8-13)19-15(18-12)11-14-9-5-6-10-17-14/h13-14,17H,2-11H2,1H3,(H,18,19). The lowest BCUT2D eigenvalue weighted by atomic mass is 9.86. The minimum atomic E-state index is 0.638. The Morgan fingerprint density at radius 2 is 1.84 bits per heavy atom. The van der Waals surface area contributed by atoms with Crippen LogP contribution in [0.3, 0.4) is 0 Å². The van der Waals surface area contributed by atoms with Crippen molar-refractivity contribution in [3.63, 3.8) is 0 Å². The number of rotatable bonds is 3. The highest BCUT2D eigenvalue weighted by atomic mass is 15.0. The van der Waals surface area contributed by atoms with Crippen molar-refractivity contribution in [1.82, 2.24) is 15.3 Å². The van der Waals surface area contributed by atoms with Crippen LogP contribution in [0.2, 0.25) is 0 Å². The SMILES string of the molecule is Cc1[nH]c(CC2CCCCN2)nc1C1CCCCC1. The first kappa shape index (κ1) is 13.2.